The molecule has 5 nitrogen and oxygen atoms in total. The summed E-state index contributed by atoms with van der Waals surface area (Å²) in [5.41, 5.74) is 12.5. The van der Waals surface area contributed by atoms with Crippen molar-refractivity contribution in [3.63, 3.8) is 0 Å². The van der Waals surface area contributed by atoms with Crippen molar-refractivity contribution in [2.45, 2.75) is 27.3 Å². The minimum Gasteiger partial charge on any atom is -0.465 e. The number of benzene rings is 2. The van der Waals surface area contributed by atoms with E-state index in [1.807, 2.05) is 0 Å². The summed E-state index contributed by atoms with van der Waals surface area (Å²) in [5, 5.41) is 14.3. The van der Waals surface area contributed by atoms with Gasteiger partial charge in [0.25, 0.3) is 0 Å². The molecule has 116 valence electrons. The van der Waals surface area contributed by atoms with Crippen LogP contribution >= 0.6 is 0 Å². The molecule has 0 saturated carbocycles. The second-order valence-corrected chi connectivity index (χ2v) is 5.46. The summed E-state index contributed by atoms with van der Waals surface area (Å²) in [6.07, 6.45) is -1.13. The van der Waals surface area contributed by atoms with Gasteiger partial charge in [0.05, 0.1) is 11.4 Å². The highest BCUT2D eigenvalue weighted by atomic mass is 16.4. The Kier molecular flexibility index (Phi) is 4.56. The fourth-order valence-corrected chi connectivity index (χ4v) is 2.58. The largest absolute Gasteiger partial charge is 0.465 e. The number of carbonyl (C=O) groups is 1. The molecule has 2 rings (SSSR count). The molecule has 0 aliphatic heterocycles. The predicted molar refractivity (Wildman–Crippen MR) is 90.5 cm³/mol. The van der Waals surface area contributed by atoms with E-state index in [0.717, 1.165) is 5.69 Å². The molecule has 5 N–H and O–H groups in total. The van der Waals surface area contributed by atoms with Crippen LogP contribution in [0, 0.1) is 20.8 Å². The molecule has 0 unspecified atom stereocenters. The van der Waals surface area contributed by atoms with Crippen LogP contribution in [0.2, 0.25) is 0 Å². The Bertz CT molecular complexity index is 688. The average Bonchev–Trinajstić information content (AvgIpc) is 2.40. The van der Waals surface area contributed by atoms with Crippen molar-refractivity contribution < 1.29 is 9.90 Å². The fraction of sp³-hybridized carbons (Fsp3) is 0.235. The van der Waals surface area contributed by atoms with Crippen molar-refractivity contribution in [2.75, 3.05) is 16.4 Å². The lowest BCUT2D eigenvalue weighted by atomic mass is 10.00. The molecule has 0 spiro atoms. The molecular formula is C17H21N3O2. The van der Waals surface area contributed by atoms with E-state index in [-0.39, 0.29) is 0 Å². The van der Waals surface area contributed by atoms with Crippen LogP contribution in [0.1, 0.15) is 22.3 Å². The minimum absolute atomic E-state index is 0.390. The SMILES string of the molecule is Cc1cc(C)c(CNc2ccc(NC(=O)O)c(N)c2)c(C)c1. The smallest absolute Gasteiger partial charge is 0.409 e. The lowest BCUT2D eigenvalue weighted by Crippen LogP contribution is -2.10. The predicted octanol–water partition coefficient (Wildman–Crippen LogP) is 3.90. The summed E-state index contributed by atoms with van der Waals surface area (Å²) in [7, 11) is 0. The number of nitrogen functional groups attached to an aromatic ring is 1. The number of anilines is 3. The van der Waals surface area contributed by atoms with E-state index in [0.29, 0.717) is 17.9 Å². The van der Waals surface area contributed by atoms with Gasteiger partial charge in [-0.25, -0.2) is 4.79 Å². The Morgan fingerprint density at radius 2 is 1.77 bits per heavy atom. The number of carboxylic acid groups (broad SMARTS) is 1. The van der Waals surface area contributed by atoms with Crippen LogP contribution in [-0.4, -0.2) is 11.2 Å². The van der Waals surface area contributed by atoms with Crippen LogP contribution < -0.4 is 16.4 Å². The molecule has 0 heterocycles. The highest BCUT2D eigenvalue weighted by Gasteiger charge is 2.06. The summed E-state index contributed by atoms with van der Waals surface area (Å²) in [6.45, 7) is 6.99. The van der Waals surface area contributed by atoms with Crippen molar-refractivity contribution in [3.8, 4) is 0 Å². The van der Waals surface area contributed by atoms with Gasteiger partial charge in [-0.3, -0.25) is 5.32 Å². The Morgan fingerprint density at radius 3 is 2.32 bits per heavy atom. The first-order chi connectivity index (χ1) is 10.4. The summed E-state index contributed by atoms with van der Waals surface area (Å²) >= 11 is 0. The highest BCUT2D eigenvalue weighted by molar-refractivity contribution is 5.88. The Morgan fingerprint density at radius 1 is 1.14 bits per heavy atom. The number of hydrogen-bond acceptors (Lipinski definition) is 3. The van der Waals surface area contributed by atoms with E-state index in [2.05, 4.69) is 43.5 Å². The van der Waals surface area contributed by atoms with Gasteiger partial charge in [0.2, 0.25) is 0 Å². The van der Waals surface area contributed by atoms with Crippen LogP contribution in [0.4, 0.5) is 21.9 Å². The van der Waals surface area contributed by atoms with Gasteiger partial charge in [-0.05, 0) is 55.7 Å². The Hall–Kier alpha value is -2.69. The maximum atomic E-state index is 10.6. The summed E-state index contributed by atoms with van der Waals surface area (Å²) in [4.78, 5) is 10.6. The molecular weight excluding hydrogens is 278 g/mol. The molecule has 0 fully saturated rings. The summed E-state index contributed by atoms with van der Waals surface area (Å²) in [6, 6.07) is 9.52. The molecule has 22 heavy (non-hydrogen) atoms. The number of nitrogens with one attached hydrogen (secondary N) is 2. The first-order valence-corrected chi connectivity index (χ1v) is 7.07. The Labute approximate surface area is 130 Å². The van der Waals surface area contributed by atoms with E-state index in [1.165, 1.54) is 22.3 Å². The van der Waals surface area contributed by atoms with E-state index >= 15 is 0 Å². The Balaban J connectivity index is 2.12. The first-order valence-electron chi connectivity index (χ1n) is 7.07. The van der Waals surface area contributed by atoms with Crippen molar-refractivity contribution in [2.24, 2.45) is 0 Å². The highest BCUT2D eigenvalue weighted by Crippen LogP contribution is 2.24. The number of hydrogen-bond donors (Lipinski definition) is 4. The van der Waals surface area contributed by atoms with E-state index < -0.39 is 6.09 Å². The molecule has 5 heteroatoms. The maximum absolute atomic E-state index is 10.6. The third-order valence-electron chi connectivity index (χ3n) is 3.60. The van der Waals surface area contributed by atoms with Gasteiger partial charge in [-0.2, -0.15) is 0 Å². The zero-order valence-electron chi connectivity index (χ0n) is 13.0. The zero-order chi connectivity index (χ0) is 16.3. The van der Waals surface area contributed by atoms with Crippen LogP contribution in [-0.2, 0) is 6.54 Å². The van der Waals surface area contributed by atoms with Crippen LogP contribution in [0.15, 0.2) is 30.3 Å². The topological polar surface area (TPSA) is 87.4 Å². The van der Waals surface area contributed by atoms with Gasteiger partial charge in [-0.15, -0.1) is 0 Å². The fourth-order valence-electron chi connectivity index (χ4n) is 2.58. The molecule has 0 aromatic heterocycles. The van der Waals surface area contributed by atoms with Crippen molar-refractivity contribution in [1.82, 2.24) is 0 Å². The van der Waals surface area contributed by atoms with Gasteiger partial charge in [-0.1, -0.05) is 17.7 Å². The molecule has 2 aromatic carbocycles. The molecule has 0 saturated heterocycles. The zero-order valence-corrected chi connectivity index (χ0v) is 13.0. The summed E-state index contributed by atoms with van der Waals surface area (Å²) in [5.74, 6) is 0. The van der Waals surface area contributed by atoms with Crippen LogP contribution in [0.5, 0.6) is 0 Å². The van der Waals surface area contributed by atoms with E-state index in [9.17, 15) is 4.79 Å². The third kappa shape index (κ3) is 3.69. The molecule has 0 atom stereocenters. The van der Waals surface area contributed by atoms with Gasteiger partial charge in [0.15, 0.2) is 0 Å². The average molecular weight is 299 g/mol. The van der Waals surface area contributed by atoms with Crippen molar-refractivity contribution >= 4 is 23.2 Å². The molecule has 2 aromatic rings. The summed E-state index contributed by atoms with van der Waals surface area (Å²) < 4.78 is 0. The molecule has 0 radical (unpaired) electrons. The number of amides is 1. The van der Waals surface area contributed by atoms with Crippen LogP contribution in [0.25, 0.3) is 0 Å². The first kappa shape index (κ1) is 15.7. The third-order valence-corrected chi connectivity index (χ3v) is 3.60. The second-order valence-electron chi connectivity index (χ2n) is 5.46. The van der Waals surface area contributed by atoms with Gasteiger partial charge >= 0.3 is 6.09 Å². The van der Waals surface area contributed by atoms with Crippen molar-refractivity contribution in [1.29, 1.82) is 0 Å². The number of rotatable bonds is 4. The van der Waals surface area contributed by atoms with Gasteiger partial charge < -0.3 is 16.2 Å². The monoisotopic (exact) mass is 299 g/mol. The lowest BCUT2D eigenvalue weighted by Gasteiger charge is -2.14. The lowest BCUT2D eigenvalue weighted by molar-refractivity contribution is 0.210. The normalized spacial score (nSPS) is 10.3. The quantitative estimate of drug-likeness (QED) is 0.645. The van der Waals surface area contributed by atoms with Gasteiger partial charge in [0, 0.05) is 12.2 Å². The maximum Gasteiger partial charge on any atom is 0.409 e. The molecule has 0 aliphatic carbocycles. The van der Waals surface area contributed by atoms with Crippen LogP contribution in [0.3, 0.4) is 0 Å². The standard InChI is InChI=1S/C17H21N3O2/c1-10-6-11(2)14(12(3)7-10)9-19-13-4-5-16(15(18)8-13)20-17(21)22/h4-8,19-20H,9,18H2,1-3H3,(H,21,22). The van der Waals surface area contributed by atoms with Crippen molar-refractivity contribution in [3.05, 3.63) is 52.6 Å². The van der Waals surface area contributed by atoms with Gasteiger partial charge in [0.1, 0.15) is 0 Å². The van der Waals surface area contributed by atoms with E-state index in [1.54, 1.807) is 18.2 Å². The molecule has 0 aliphatic rings. The molecule has 1 amide bonds. The molecule has 0 bridgehead atoms. The number of nitrogens with two attached hydrogens (primary N) is 1. The van der Waals surface area contributed by atoms with E-state index in [4.69, 9.17) is 10.8 Å². The second kappa shape index (κ2) is 6.39. The number of aryl methyl sites for hydroxylation is 3. The minimum atomic E-state index is -1.13.